The lowest BCUT2D eigenvalue weighted by molar-refractivity contribution is -0.384. The number of hydrazone groups is 1. The lowest BCUT2D eigenvalue weighted by Crippen LogP contribution is -2.39. The Kier molecular flexibility index (Phi) is 4.59. The predicted octanol–water partition coefficient (Wildman–Crippen LogP) is 0.395. The summed E-state index contributed by atoms with van der Waals surface area (Å²) in [6.07, 6.45) is 0.0434. The molecule has 0 fully saturated rings. The van der Waals surface area contributed by atoms with E-state index in [-0.39, 0.29) is 23.4 Å². The van der Waals surface area contributed by atoms with E-state index in [1.807, 2.05) is 0 Å². The van der Waals surface area contributed by atoms with Crippen molar-refractivity contribution < 1.29 is 14.8 Å². The number of hydrogen-bond acceptors (Lipinski definition) is 7. The molecule has 146 valence electrons. The molecule has 11 nitrogen and oxygen atoms in total. The van der Waals surface area contributed by atoms with E-state index in [2.05, 4.69) is 5.10 Å². The van der Waals surface area contributed by atoms with Gasteiger partial charge >= 0.3 is 5.69 Å². The Morgan fingerprint density at radius 2 is 1.96 bits per heavy atom. The molecule has 1 aliphatic rings. The molecule has 1 aromatic heterocycles. The third-order valence-electron chi connectivity index (χ3n) is 4.62. The average molecular weight is 387 g/mol. The van der Waals surface area contributed by atoms with Crippen LogP contribution in [0, 0.1) is 10.1 Å². The molecule has 1 N–H and O–H groups in total. The van der Waals surface area contributed by atoms with Gasteiger partial charge in [0.1, 0.15) is 5.56 Å². The fraction of sp³-hybridized carbons (Fsp3) is 0.294. The first-order chi connectivity index (χ1) is 13.1. The van der Waals surface area contributed by atoms with Gasteiger partial charge in [-0.1, -0.05) is 12.1 Å². The highest BCUT2D eigenvalue weighted by atomic mass is 16.6. The van der Waals surface area contributed by atoms with Gasteiger partial charge in [-0.05, 0) is 5.56 Å². The zero-order valence-corrected chi connectivity index (χ0v) is 15.3. The zero-order valence-electron chi connectivity index (χ0n) is 15.3. The highest BCUT2D eigenvalue weighted by Gasteiger charge is 2.35. The minimum absolute atomic E-state index is 0.0434. The number of nitro groups is 1. The lowest BCUT2D eigenvalue weighted by Gasteiger charge is -2.20. The molecule has 0 radical (unpaired) electrons. The zero-order chi connectivity index (χ0) is 20.7. The number of carbonyl (C=O) groups excluding carboxylic acids is 1. The topological polar surface area (TPSA) is 140 Å². The van der Waals surface area contributed by atoms with E-state index in [0.29, 0.717) is 5.56 Å². The first-order valence-electron chi connectivity index (χ1n) is 8.24. The summed E-state index contributed by atoms with van der Waals surface area (Å²) in [6.45, 7) is 1.27. The first-order valence-corrected chi connectivity index (χ1v) is 8.24. The van der Waals surface area contributed by atoms with Gasteiger partial charge in [0.2, 0.25) is 11.8 Å². The number of aromatic hydroxyl groups is 1. The molecule has 1 atom stereocenters. The van der Waals surface area contributed by atoms with Crippen molar-refractivity contribution >= 4 is 17.3 Å². The molecule has 0 aliphatic carbocycles. The SMILES string of the molecule is CC(=O)N1N=C(c2c(O)n(C)c(=O)n(C)c2=O)CC1c1cccc([N+](=O)[O-])c1. The van der Waals surface area contributed by atoms with Crippen molar-refractivity contribution in [3.05, 3.63) is 66.3 Å². The number of nitrogens with zero attached hydrogens (tertiary/aromatic N) is 5. The predicted molar refractivity (Wildman–Crippen MR) is 98.1 cm³/mol. The maximum absolute atomic E-state index is 12.5. The standard InChI is InChI=1S/C17H17N5O6/c1-9(23)21-13(10-5-4-6-11(7-10)22(27)28)8-12(18-21)14-15(24)19(2)17(26)20(3)16(14)25/h4-7,13,24H,8H2,1-3H3. The van der Waals surface area contributed by atoms with Crippen molar-refractivity contribution in [3.63, 3.8) is 0 Å². The van der Waals surface area contributed by atoms with Gasteiger partial charge in [0.05, 0.1) is 16.7 Å². The highest BCUT2D eigenvalue weighted by Crippen LogP contribution is 2.34. The molecule has 0 spiro atoms. The fourth-order valence-corrected chi connectivity index (χ4v) is 3.14. The van der Waals surface area contributed by atoms with Crippen molar-refractivity contribution in [1.29, 1.82) is 0 Å². The number of hydrogen-bond donors (Lipinski definition) is 1. The number of benzene rings is 1. The van der Waals surface area contributed by atoms with Crippen LogP contribution in [0.3, 0.4) is 0 Å². The number of rotatable bonds is 3. The van der Waals surface area contributed by atoms with Gasteiger partial charge < -0.3 is 5.11 Å². The number of aromatic nitrogens is 2. The Bertz CT molecular complexity index is 1150. The Morgan fingerprint density at radius 1 is 1.29 bits per heavy atom. The second kappa shape index (κ2) is 6.76. The van der Waals surface area contributed by atoms with Crippen LogP contribution in [-0.4, -0.2) is 35.8 Å². The van der Waals surface area contributed by atoms with Crippen LogP contribution in [0.4, 0.5) is 5.69 Å². The molecule has 0 saturated carbocycles. The molecule has 1 aliphatic heterocycles. The van der Waals surface area contributed by atoms with Gasteiger partial charge in [-0.15, -0.1) is 0 Å². The van der Waals surface area contributed by atoms with Gasteiger partial charge in [-0.3, -0.25) is 28.8 Å². The summed E-state index contributed by atoms with van der Waals surface area (Å²) in [6, 6.07) is 5.08. The van der Waals surface area contributed by atoms with Crippen LogP contribution >= 0.6 is 0 Å². The minimum atomic E-state index is -0.748. The summed E-state index contributed by atoms with van der Waals surface area (Å²) in [7, 11) is 2.57. The Morgan fingerprint density at radius 3 is 2.57 bits per heavy atom. The van der Waals surface area contributed by atoms with E-state index < -0.39 is 34.0 Å². The quantitative estimate of drug-likeness (QED) is 0.597. The largest absolute Gasteiger partial charge is 0.494 e. The van der Waals surface area contributed by atoms with Crippen LogP contribution in [0.5, 0.6) is 5.88 Å². The summed E-state index contributed by atoms with van der Waals surface area (Å²) in [5, 5.41) is 26.6. The van der Waals surface area contributed by atoms with Crippen LogP contribution < -0.4 is 11.2 Å². The van der Waals surface area contributed by atoms with Crippen molar-refractivity contribution in [1.82, 2.24) is 14.1 Å². The minimum Gasteiger partial charge on any atom is -0.494 e. The molecule has 1 aromatic carbocycles. The van der Waals surface area contributed by atoms with Gasteiger partial charge in [0, 0.05) is 39.6 Å². The molecule has 28 heavy (non-hydrogen) atoms. The lowest BCUT2D eigenvalue weighted by atomic mass is 9.98. The summed E-state index contributed by atoms with van der Waals surface area (Å²) >= 11 is 0. The van der Waals surface area contributed by atoms with Crippen molar-refractivity contribution in [2.24, 2.45) is 19.2 Å². The third-order valence-corrected chi connectivity index (χ3v) is 4.62. The molecule has 3 rings (SSSR count). The molecule has 1 amide bonds. The van der Waals surface area contributed by atoms with Crippen LogP contribution in [0.2, 0.25) is 0 Å². The second-order valence-corrected chi connectivity index (χ2v) is 6.39. The van der Waals surface area contributed by atoms with Gasteiger partial charge in [0.25, 0.3) is 11.2 Å². The smallest absolute Gasteiger partial charge is 0.333 e. The maximum Gasteiger partial charge on any atom is 0.333 e. The van der Waals surface area contributed by atoms with Crippen molar-refractivity contribution in [2.45, 2.75) is 19.4 Å². The molecule has 0 saturated heterocycles. The van der Waals surface area contributed by atoms with E-state index in [1.165, 1.54) is 39.2 Å². The summed E-state index contributed by atoms with van der Waals surface area (Å²) in [5.41, 5.74) is -1.21. The van der Waals surface area contributed by atoms with Crippen molar-refractivity contribution in [3.8, 4) is 5.88 Å². The average Bonchev–Trinajstić information content (AvgIpc) is 3.10. The summed E-state index contributed by atoms with van der Waals surface area (Å²) in [4.78, 5) is 47.0. The normalized spacial score (nSPS) is 16.2. The molecular formula is C17H17N5O6. The van der Waals surface area contributed by atoms with Crippen LogP contribution in [-0.2, 0) is 18.9 Å². The number of nitro benzene ring substituents is 1. The van der Waals surface area contributed by atoms with E-state index in [9.17, 15) is 29.6 Å². The monoisotopic (exact) mass is 387 g/mol. The Labute approximate surface area is 157 Å². The number of carbonyl (C=O) groups is 1. The third kappa shape index (κ3) is 2.96. The van der Waals surface area contributed by atoms with Crippen LogP contribution in [0.15, 0.2) is 39.0 Å². The summed E-state index contributed by atoms with van der Waals surface area (Å²) in [5.74, 6) is -0.998. The molecule has 1 unspecified atom stereocenters. The van der Waals surface area contributed by atoms with Crippen LogP contribution in [0.25, 0.3) is 0 Å². The van der Waals surface area contributed by atoms with Gasteiger partial charge in [-0.2, -0.15) is 5.10 Å². The van der Waals surface area contributed by atoms with E-state index in [4.69, 9.17) is 0 Å². The van der Waals surface area contributed by atoms with Gasteiger partial charge in [0.15, 0.2) is 0 Å². The molecule has 0 bridgehead atoms. The molecular weight excluding hydrogens is 370 g/mol. The van der Waals surface area contributed by atoms with Crippen molar-refractivity contribution in [2.75, 3.05) is 0 Å². The first kappa shape index (κ1) is 19.0. The summed E-state index contributed by atoms with van der Waals surface area (Å²) < 4.78 is 1.73. The maximum atomic E-state index is 12.5. The molecule has 11 heteroatoms. The number of non-ortho nitro benzene ring substituents is 1. The Hall–Kier alpha value is -3.76. The van der Waals surface area contributed by atoms with E-state index in [0.717, 1.165) is 14.1 Å². The second-order valence-electron chi connectivity index (χ2n) is 6.39. The van der Waals surface area contributed by atoms with E-state index >= 15 is 0 Å². The van der Waals surface area contributed by atoms with Gasteiger partial charge in [-0.25, -0.2) is 9.80 Å². The molecule has 2 aromatic rings. The fourth-order valence-electron chi connectivity index (χ4n) is 3.14. The Balaban J connectivity index is 2.13. The van der Waals surface area contributed by atoms with E-state index in [1.54, 1.807) is 6.07 Å². The number of amides is 1. The molecule has 2 heterocycles. The highest BCUT2D eigenvalue weighted by molar-refractivity contribution is 6.04. The van der Waals surface area contributed by atoms with Crippen LogP contribution in [0.1, 0.15) is 30.5 Å².